The molecule has 3 atom stereocenters. The number of fused-ring (bicyclic) bond motifs is 3. The van der Waals surface area contributed by atoms with Gasteiger partial charge in [-0.2, -0.15) is 0 Å². The molecule has 0 saturated carbocycles. The predicted octanol–water partition coefficient (Wildman–Crippen LogP) is 3.86. The number of nitrogens with one attached hydrogen (secondary N) is 1. The Kier molecular flexibility index (Phi) is 3.08. The normalized spacial score (nSPS) is 28.5. The number of hydrogen-bond acceptors (Lipinski definition) is 1. The van der Waals surface area contributed by atoms with Crippen molar-refractivity contribution in [1.29, 1.82) is 0 Å². The zero-order valence-electron chi connectivity index (χ0n) is 11.8. The summed E-state index contributed by atoms with van der Waals surface area (Å²) in [5.41, 5.74) is 4.67. The second-order valence-electron chi connectivity index (χ2n) is 6.13. The molecule has 0 spiro atoms. The second-order valence-corrected chi connectivity index (χ2v) is 6.13. The Morgan fingerprint density at radius 1 is 0.850 bits per heavy atom. The monoisotopic (exact) mass is 263 g/mol. The molecule has 2 aliphatic rings. The lowest BCUT2D eigenvalue weighted by Crippen LogP contribution is -2.46. The molecule has 1 heteroatoms. The maximum absolute atomic E-state index is 3.76. The third-order valence-electron chi connectivity index (χ3n) is 5.10. The molecule has 20 heavy (non-hydrogen) atoms. The standard InChI is InChI=1S/C19H21N/c1-2-6-14(7-3-1)17-12-13-20-18-11-10-15-8-4-5-9-16(15)19(17)18/h1-9,17-20H,10-13H2. The van der Waals surface area contributed by atoms with Crippen LogP contribution < -0.4 is 5.32 Å². The molecule has 0 amide bonds. The van der Waals surface area contributed by atoms with Crippen LogP contribution >= 0.6 is 0 Å². The molecule has 3 unspecified atom stereocenters. The third-order valence-corrected chi connectivity index (χ3v) is 5.10. The van der Waals surface area contributed by atoms with Gasteiger partial charge in [-0.15, -0.1) is 0 Å². The van der Waals surface area contributed by atoms with Crippen molar-refractivity contribution < 1.29 is 0 Å². The highest BCUT2D eigenvalue weighted by atomic mass is 14.9. The average Bonchev–Trinajstić information content (AvgIpc) is 2.55. The molecule has 1 heterocycles. The van der Waals surface area contributed by atoms with Gasteiger partial charge in [0.15, 0.2) is 0 Å². The van der Waals surface area contributed by atoms with Crippen LogP contribution in [0.4, 0.5) is 0 Å². The molecule has 0 aromatic heterocycles. The Labute approximate surface area is 121 Å². The lowest BCUT2D eigenvalue weighted by atomic mass is 9.67. The van der Waals surface area contributed by atoms with Gasteiger partial charge in [0.25, 0.3) is 0 Å². The van der Waals surface area contributed by atoms with E-state index in [4.69, 9.17) is 0 Å². The summed E-state index contributed by atoms with van der Waals surface area (Å²) < 4.78 is 0. The van der Waals surface area contributed by atoms with Gasteiger partial charge in [-0.25, -0.2) is 0 Å². The number of piperidine rings is 1. The van der Waals surface area contributed by atoms with E-state index < -0.39 is 0 Å². The Hall–Kier alpha value is -1.60. The van der Waals surface area contributed by atoms with Crippen LogP contribution in [-0.2, 0) is 6.42 Å². The van der Waals surface area contributed by atoms with Crippen LogP contribution in [0.3, 0.4) is 0 Å². The van der Waals surface area contributed by atoms with Crippen LogP contribution in [0.25, 0.3) is 0 Å². The summed E-state index contributed by atoms with van der Waals surface area (Å²) in [4.78, 5) is 0. The fourth-order valence-corrected chi connectivity index (χ4v) is 4.20. The molecular weight excluding hydrogens is 242 g/mol. The van der Waals surface area contributed by atoms with E-state index in [0.29, 0.717) is 17.9 Å². The van der Waals surface area contributed by atoms with E-state index in [-0.39, 0.29) is 0 Å². The first-order valence-corrected chi connectivity index (χ1v) is 7.79. The molecule has 1 aliphatic carbocycles. The van der Waals surface area contributed by atoms with E-state index in [1.54, 1.807) is 11.1 Å². The molecule has 1 saturated heterocycles. The third kappa shape index (κ3) is 1.97. The zero-order chi connectivity index (χ0) is 13.4. The molecule has 2 aromatic carbocycles. The van der Waals surface area contributed by atoms with Crippen molar-refractivity contribution in [3.05, 3.63) is 71.3 Å². The van der Waals surface area contributed by atoms with Gasteiger partial charge in [0, 0.05) is 12.0 Å². The van der Waals surface area contributed by atoms with Crippen LogP contribution in [0.2, 0.25) is 0 Å². The van der Waals surface area contributed by atoms with Crippen LogP contribution in [0.15, 0.2) is 54.6 Å². The summed E-state index contributed by atoms with van der Waals surface area (Å²) in [6.07, 6.45) is 3.76. The molecule has 102 valence electrons. The largest absolute Gasteiger partial charge is 0.313 e. The van der Waals surface area contributed by atoms with Crippen molar-refractivity contribution in [3.8, 4) is 0 Å². The van der Waals surface area contributed by atoms with Gasteiger partial charge in [-0.3, -0.25) is 0 Å². The Balaban J connectivity index is 1.78. The van der Waals surface area contributed by atoms with Gasteiger partial charge in [-0.1, -0.05) is 54.6 Å². The van der Waals surface area contributed by atoms with Gasteiger partial charge in [-0.05, 0) is 48.4 Å². The van der Waals surface area contributed by atoms with Crippen molar-refractivity contribution in [2.75, 3.05) is 6.54 Å². The first kappa shape index (κ1) is 12.2. The minimum atomic E-state index is 0.649. The molecule has 2 aromatic rings. The maximum Gasteiger partial charge on any atom is 0.0145 e. The topological polar surface area (TPSA) is 12.0 Å². The highest BCUT2D eigenvalue weighted by molar-refractivity contribution is 5.39. The van der Waals surface area contributed by atoms with Crippen molar-refractivity contribution in [2.45, 2.75) is 37.1 Å². The molecule has 1 nitrogen and oxygen atoms in total. The first-order chi connectivity index (χ1) is 9.93. The molecule has 4 rings (SSSR count). The fourth-order valence-electron chi connectivity index (χ4n) is 4.20. The van der Waals surface area contributed by atoms with Crippen molar-refractivity contribution >= 4 is 0 Å². The average molecular weight is 263 g/mol. The van der Waals surface area contributed by atoms with Crippen LogP contribution in [0.5, 0.6) is 0 Å². The number of hydrogen-bond donors (Lipinski definition) is 1. The minimum absolute atomic E-state index is 0.649. The summed E-state index contributed by atoms with van der Waals surface area (Å²) in [6, 6.07) is 20.8. The summed E-state index contributed by atoms with van der Waals surface area (Å²) in [6.45, 7) is 1.16. The van der Waals surface area contributed by atoms with Gasteiger partial charge in [0.1, 0.15) is 0 Å². The van der Waals surface area contributed by atoms with Crippen molar-refractivity contribution in [2.24, 2.45) is 0 Å². The lowest BCUT2D eigenvalue weighted by molar-refractivity contribution is 0.285. The molecule has 1 aliphatic heterocycles. The summed E-state index contributed by atoms with van der Waals surface area (Å²) in [5.74, 6) is 1.32. The van der Waals surface area contributed by atoms with Crippen molar-refractivity contribution in [1.82, 2.24) is 5.32 Å². The second kappa shape index (κ2) is 5.06. The molecule has 0 radical (unpaired) electrons. The van der Waals surface area contributed by atoms with Crippen molar-refractivity contribution in [3.63, 3.8) is 0 Å². The molecule has 1 N–H and O–H groups in total. The lowest BCUT2D eigenvalue weighted by Gasteiger charge is -2.43. The zero-order valence-corrected chi connectivity index (χ0v) is 11.8. The molecule has 1 fully saturated rings. The first-order valence-electron chi connectivity index (χ1n) is 7.79. The SMILES string of the molecule is c1ccc(C2CCNC3CCc4ccccc4C32)cc1. The van der Waals surface area contributed by atoms with Crippen LogP contribution in [0.1, 0.15) is 41.4 Å². The maximum atomic E-state index is 3.76. The highest BCUT2D eigenvalue weighted by Gasteiger charge is 2.38. The summed E-state index contributed by atoms with van der Waals surface area (Å²) in [7, 11) is 0. The van der Waals surface area contributed by atoms with Crippen LogP contribution in [-0.4, -0.2) is 12.6 Å². The van der Waals surface area contributed by atoms with E-state index >= 15 is 0 Å². The number of aryl methyl sites for hydroxylation is 1. The van der Waals surface area contributed by atoms with E-state index in [9.17, 15) is 0 Å². The molecule has 0 bridgehead atoms. The Morgan fingerprint density at radius 3 is 2.55 bits per heavy atom. The Morgan fingerprint density at radius 2 is 1.65 bits per heavy atom. The number of rotatable bonds is 1. The Bertz CT molecular complexity index is 590. The van der Waals surface area contributed by atoms with Gasteiger partial charge < -0.3 is 5.32 Å². The van der Waals surface area contributed by atoms with Gasteiger partial charge in [0.05, 0.1) is 0 Å². The summed E-state index contributed by atoms with van der Waals surface area (Å²) >= 11 is 0. The van der Waals surface area contributed by atoms with E-state index in [2.05, 4.69) is 59.9 Å². The molecular formula is C19H21N. The predicted molar refractivity (Wildman–Crippen MR) is 83.1 cm³/mol. The van der Waals surface area contributed by atoms with E-state index in [1.807, 2.05) is 0 Å². The summed E-state index contributed by atoms with van der Waals surface area (Å²) in [5, 5.41) is 3.76. The van der Waals surface area contributed by atoms with Gasteiger partial charge >= 0.3 is 0 Å². The van der Waals surface area contributed by atoms with Gasteiger partial charge in [0.2, 0.25) is 0 Å². The fraction of sp³-hybridized carbons (Fsp3) is 0.368. The highest BCUT2D eigenvalue weighted by Crippen LogP contribution is 2.45. The van der Waals surface area contributed by atoms with E-state index in [1.165, 1.54) is 24.8 Å². The smallest absolute Gasteiger partial charge is 0.0145 e. The quantitative estimate of drug-likeness (QED) is 0.823. The van der Waals surface area contributed by atoms with Crippen LogP contribution in [0, 0.1) is 0 Å². The van der Waals surface area contributed by atoms with E-state index in [0.717, 1.165) is 6.54 Å². The minimum Gasteiger partial charge on any atom is -0.313 e. The number of benzene rings is 2.